The lowest BCUT2D eigenvalue weighted by molar-refractivity contribution is -0.404. The molecule has 584 valence electrons. The summed E-state index contributed by atoms with van der Waals surface area (Å²) >= 11 is 0. The quantitative estimate of drug-likeness (QED) is 0.0278. The van der Waals surface area contributed by atoms with E-state index >= 15 is 0 Å². The summed E-state index contributed by atoms with van der Waals surface area (Å²) in [5.74, 6) is -9.06. The van der Waals surface area contributed by atoms with Crippen LogP contribution in [0.1, 0.15) is 20.3 Å². The monoisotopic (exact) mass is 1480 g/mol. The van der Waals surface area contributed by atoms with Crippen molar-refractivity contribution in [2.75, 3.05) is 66.1 Å². The van der Waals surface area contributed by atoms with Gasteiger partial charge in [0.05, 0.1) is 77.6 Å². The molecule has 0 spiro atoms. The minimum absolute atomic E-state index is 0.210. The van der Waals surface area contributed by atoms with Crippen LogP contribution in [-0.4, -0.2) is 440 Å². The second-order valence-corrected chi connectivity index (χ2v) is 24.7. The molecule has 0 bridgehead atoms. The Kier molecular flexibility index (Phi) is 31.2. The lowest BCUT2D eigenvalue weighted by atomic mass is 9.88. The normalized spacial score (nSPS) is 44.7. The molecule has 7 aliphatic heterocycles. The van der Waals surface area contributed by atoms with Gasteiger partial charge in [0.25, 0.3) is 5.79 Å². The van der Waals surface area contributed by atoms with E-state index in [9.17, 15) is 141 Å². The van der Waals surface area contributed by atoms with E-state index in [-0.39, 0.29) is 6.41 Å². The number of carboxylic acids is 1. The number of carbonyl (C=O) groups excluding carboxylic acids is 4. The maximum absolute atomic E-state index is 13.8. The molecule has 4 amide bonds. The number of nitrogens with one attached hydrogen (secondary N) is 4. The van der Waals surface area contributed by atoms with Gasteiger partial charge in [0.1, 0.15) is 171 Å². The molecule has 101 heavy (non-hydrogen) atoms. The van der Waals surface area contributed by atoms with Gasteiger partial charge in [0.2, 0.25) is 24.1 Å². The summed E-state index contributed by atoms with van der Waals surface area (Å²) in [4.78, 5) is 63.4. The van der Waals surface area contributed by atoms with Gasteiger partial charge in [-0.25, -0.2) is 4.79 Å². The van der Waals surface area contributed by atoms with E-state index in [1.165, 1.54) is 0 Å². The zero-order valence-corrected chi connectivity index (χ0v) is 53.7. The molecule has 37 atom stereocenters. The molecule has 0 unspecified atom stereocenters. The van der Waals surface area contributed by atoms with Crippen LogP contribution < -0.4 is 21.3 Å². The van der Waals surface area contributed by atoms with Gasteiger partial charge >= 0.3 is 5.97 Å². The van der Waals surface area contributed by atoms with Crippen molar-refractivity contribution in [1.29, 1.82) is 0 Å². The van der Waals surface area contributed by atoms with Crippen LogP contribution in [0.25, 0.3) is 0 Å². The predicted molar refractivity (Wildman–Crippen MR) is 309 cm³/mol. The summed E-state index contributed by atoms with van der Waals surface area (Å²) in [6.07, 6.45) is -70.3. The summed E-state index contributed by atoms with van der Waals surface area (Å²) in [6.45, 7) is -8.94. The number of hydrogen-bond acceptors (Lipinski definition) is 41. The molecule has 7 rings (SSSR count). The molecule has 0 radical (unpaired) electrons. The second-order valence-electron chi connectivity index (χ2n) is 24.7. The molecule has 7 aliphatic rings. The number of amides is 4. The fourth-order valence-corrected chi connectivity index (χ4v) is 12.5. The van der Waals surface area contributed by atoms with E-state index in [4.69, 9.17) is 66.3 Å². The third-order valence-electron chi connectivity index (χ3n) is 17.8. The molecule has 0 aromatic rings. The first kappa shape index (κ1) is 84.2. The van der Waals surface area contributed by atoms with Crippen molar-refractivity contribution in [2.24, 2.45) is 0 Å². The van der Waals surface area contributed by atoms with Gasteiger partial charge < -0.3 is 205 Å². The van der Waals surface area contributed by atoms with E-state index in [0.717, 1.165) is 13.8 Å². The summed E-state index contributed by atoms with van der Waals surface area (Å²) in [6, 6.07) is -7.07. The van der Waals surface area contributed by atoms with Gasteiger partial charge in [-0.2, -0.15) is 0 Å². The number of aliphatic carboxylic acids is 1. The summed E-state index contributed by atoms with van der Waals surface area (Å²) in [5.41, 5.74) is 0. The van der Waals surface area contributed by atoms with Gasteiger partial charge in [-0.1, -0.05) is 0 Å². The van der Waals surface area contributed by atoms with Crippen LogP contribution in [-0.2, 0) is 90.3 Å². The van der Waals surface area contributed by atoms with Crippen molar-refractivity contribution in [3.8, 4) is 0 Å². The second kappa shape index (κ2) is 37.4. The number of rotatable bonds is 32. The molecular formula is C55H92N4O42. The van der Waals surface area contributed by atoms with Gasteiger partial charge in [-0.3, -0.25) is 19.2 Å². The van der Waals surface area contributed by atoms with Crippen molar-refractivity contribution in [1.82, 2.24) is 21.3 Å². The van der Waals surface area contributed by atoms with Gasteiger partial charge in [0, 0.05) is 20.3 Å². The van der Waals surface area contributed by atoms with Crippen LogP contribution in [0.15, 0.2) is 0 Å². The van der Waals surface area contributed by atoms with E-state index in [1.807, 2.05) is 0 Å². The van der Waals surface area contributed by atoms with Crippen LogP contribution in [0.2, 0.25) is 0 Å². The molecular weight excluding hydrogens is 1390 g/mol. The standard InChI is InChI=1S/C55H92N4O42/c1-15(70)57-28-34(79)41(95-51-37(82)35(80)31(76)20(6-62)90-51)23(9-65)92-48(28)99-46-33(78)22(8-64)91-52(39(46)84)98-44-29(58-16(2)71)49(89-21(7-63)32(44)77)97-43-25(11-67)94-53(96-42-24(10-66)93-50(38(83)36(42)81)88-13-17(4-60)56-14-69)40(85)47(43)101-55(54(86)87)3-18(72)27(59-26(74)12-68)45(100-55)30(75)19(73)5-61/h14,17-25,27-53,60-68,72-73,75-85H,3-13H2,1-2H3,(H,56,69)(H,57,70)(H,58,71)(H,59,74)(H,86,87)/t17-,18+,19-,20-,21-,22-,23-,24-,25-,27-,28-,29-,30-,31+,32+,33+,34-,35+,36-,37-,38-,39-,40-,41-,42-,43+,44-,45-,46+,47-,48+,49+,50-,51+,52+,53+,55+/m1/s1. The zero-order valence-electron chi connectivity index (χ0n) is 53.7. The largest absolute Gasteiger partial charge is 0.477 e. The van der Waals surface area contributed by atoms with Gasteiger partial charge in [0.15, 0.2) is 37.7 Å². The summed E-state index contributed by atoms with van der Waals surface area (Å²) in [5, 5.41) is 260. The Morgan fingerprint density at radius 2 is 0.901 bits per heavy atom. The fourth-order valence-electron chi connectivity index (χ4n) is 12.5. The average molecular weight is 1480 g/mol. The van der Waals surface area contributed by atoms with Crippen molar-refractivity contribution < 1.29 is 208 Å². The van der Waals surface area contributed by atoms with Crippen molar-refractivity contribution in [3.63, 3.8) is 0 Å². The predicted octanol–water partition coefficient (Wildman–Crippen LogP) is -18.5. The first-order chi connectivity index (χ1) is 47.9. The Bertz CT molecular complexity index is 2620. The highest BCUT2D eigenvalue weighted by atomic mass is 16.8. The highest BCUT2D eigenvalue weighted by molar-refractivity contribution is 5.78. The molecule has 0 aromatic carbocycles. The Morgan fingerprint density at radius 3 is 1.43 bits per heavy atom. The lowest BCUT2D eigenvalue weighted by Gasteiger charge is -2.53. The molecule has 7 saturated heterocycles. The molecule has 7 fully saturated rings. The molecule has 0 aliphatic carbocycles. The minimum atomic E-state index is -3.53. The number of hydrogen-bond donors (Lipinski definition) is 27. The van der Waals surface area contributed by atoms with E-state index in [0.29, 0.717) is 0 Å². The molecule has 7 heterocycles. The molecule has 0 aromatic heterocycles. The van der Waals surface area contributed by atoms with Crippen LogP contribution >= 0.6 is 0 Å². The highest BCUT2D eigenvalue weighted by Gasteiger charge is 2.63. The number of ether oxygens (including phenoxy) is 14. The maximum atomic E-state index is 13.8. The van der Waals surface area contributed by atoms with E-state index < -0.39 is 323 Å². The number of aliphatic hydroxyl groups is 22. The third-order valence-corrected chi connectivity index (χ3v) is 17.8. The van der Waals surface area contributed by atoms with Gasteiger partial charge in [-0.05, 0) is 0 Å². The number of carbonyl (C=O) groups is 5. The van der Waals surface area contributed by atoms with Crippen LogP contribution in [0.4, 0.5) is 0 Å². The number of aliphatic hydroxyl groups excluding tert-OH is 22. The van der Waals surface area contributed by atoms with Crippen LogP contribution in [0.3, 0.4) is 0 Å². The highest BCUT2D eigenvalue weighted by Crippen LogP contribution is 2.42. The fraction of sp³-hybridized carbons (Fsp3) is 0.909. The minimum Gasteiger partial charge on any atom is -0.477 e. The summed E-state index contributed by atoms with van der Waals surface area (Å²) in [7, 11) is 0. The average Bonchev–Trinajstić information content (AvgIpc) is 0.752. The smallest absolute Gasteiger partial charge is 0.364 e. The Balaban J connectivity index is 1.24. The van der Waals surface area contributed by atoms with Crippen molar-refractivity contribution in [2.45, 2.75) is 247 Å². The summed E-state index contributed by atoms with van der Waals surface area (Å²) < 4.78 is 82.1. The molecule has 46 heteroatoms. The SMILES string of the molecule is CC(=O)N[C@H]1[C@H](O[C@H]2[C@@H](O)[C@@H](CO)O[C@@H](O[C@H]3[C@@H](O)[C@@H](CO)O[C@@H](O[C@@H]4[C@H](O[C@]5(C(=O)O)C[C@H](O)[C@@H](NC(=O)CO)[C@H]([C@H](O)[C@H](O)CO)O5)[C@@H](O)[C@H](O[C@H]5[C@H](O)[C@@H](O)[C@H](OC[C@@H](CO)NC=O)O[C@@H]5CO)O[C@@H]4CO)[C@@H]3NC(C)=O)[C@@H]2O)O[C@H](CO)[C@@H](O[C@@H]2O[C@H](CO)[C@H](O)[C@H](O)[C@H]2O)[C@@H]1O. The first-order valence-corrected chi connectivity index (χ1v) is 31.6. The van der Waals surface area contributed by atoms with Crippen molar-refractivity contribution >= 4 is 30.1 Å². The lowest BCUT2D eigenvalue weighted by Crippen LogP contribution is -2.72. The maximum Gasteiger partial charge on any atom is 0.364 e. The topological polar surface area (TPSA) is 728 Å². The molecule has 27 N–H and O–H groups in total. The molecule has 0 saturated carbocycles. The van der Waals surface area contributed by atoms with Crippen molar-refractivity contribution in [3.05, 3.63) is 0 Å². The first-order valence-electron chi connectivity index (χ1n) is 31.6. The van der Waals surface area contributed by atoms with Crippen LogP contribution in [0.5, 0.6) is 0 Å². The van der Waals surface area contributed by atoms with E-state index in [2.05, 4.69) is 21.3 Å². The Hall–Kier alpha value is -4.09. The third kappa shape index (κ3) is 19.0. The molecule has 46 nitrogen and oxygen atoms in total. The van der Waals surface area contributed by atoms with E-state index in [1.54, 1.807) is 0 Å². The van der Waals surface area contributed by atoms with Crippen LogP contribution in [0, 0.1) is 0 Å². The van der Waals surface area contributed by atoms with Gasteiger partial charge in [-0.15, -0.1) is 0 Å². The Morgan fingerprint density at radius 1 is 0.465 bits per heavy atom. The zero-order chi connectivity index (χ0) is 74.8. The Labute approximate surface area is 570 Å². The number of carboxylic acid groups (broad SMARTS) is 1.